The van der Waals surface area contributed by atoms with Crippen molar-refractivity contribution in [3.63, 3.8) is 0 Å². The van der Waals surface area contributed by atoms with Gasteiger partial charge in [-0.15, -0.1) is 0 Å². The van der Waals surface area contributed by atoms with Crippen molar-refractivity contribution in [2.45, 2.75) is 65.2 Å². The molecule has 0 radical (unpaired) electrons. The fourth-order valence-corrected chi connectivity index (χ4v) is 6.02. The zero-order valence-corrected chi connectivity index (χ0v) is 19.4. The van der Waals surface area contributed by atoms with Gasteiger partial charge in [-0.05, 0) is 86.1 Å². The molecule has 0 aliphatic heterocycles. The third-order valence-corrected chi connectivity index (χ3v) is 7.66. The molecule has 2 nitrogen and oxygen atoms in total. The topological polar surface area (TPSA) is 18.5 Å². The lowest BCUT2D eigenvalue weighted by Crippen LogP contribution is -2.18. The van der Waals surface area contributed by atoms with E-state index in [1.54, 1.807) is 25.1 Å². The standard InChI is InChI=1S/C28H36F2O2/c1-3-5-6-7-19-10-14-24-21(11-15-23(19)24)18-32-22-12-8-20(9-13-22)25-16-17-26(31-4-2)28(30)27(25)29/h8-9,12-13,16-17,19,21,23-24H,3-7,10-11,14-15,18H2,1-2H3. The highest BCUT2D eigenvalue weighted by Gasteiger charge is 2.44. The van der Waals surface area contributed by atoms with Crippen LogP contribution in [0.15, 0.2) is 36.4 Å². The first kappa shape index (κ1) is 23.1. The van der Waals surface area contributed by atoms with Crippen molar-refractivity contribution in [3.8, 4) is 22.6 Å². The fraction of sp³-hybridized carbons (Fsp3) is 0.571. The van der Waals surface area contributed by atoms with Crippen LogP contribution >= 0.6 is 0 Å². The Morgan fingerprint density at radius 2 is 1.50 bits per heavy atom. The minimum atomic E-state index is -0.940. The first-order valence-electron chi connectivity index (χ1n) is 12.5. The number of rotatable bonds is 10. The maximum Gasteiger partial charge on any atom is 0.201 e. The Bertz CT molecular complexity index is 880. The van der Waals surface area contributed by atoms with Crippen LogP contribution in [0.3, 0.4) is 0 Å². The number of unbranched alkanes of at least 4 members (excludes halogenated alkanes) is 2. The first-order chi connectivity index (χ1) is 15.6. The Labute approximate surface area is 191 Å². The van der Waals surface area contributed by atoms with E-state index in [2.05, 4.69) is 6.92 Å². The molecule has 4 heteroatoms. The highest BCUT2D eigenvalue weighted by atomic mass is 19.2. The van der Waals surface area contributed by atoms with Gasteiger partial charge in [0.1, 0.15) is 5.75 Å². The van der Waals surface area contributed by atoms with Gasteiger partial charge in [0.05, 0.1) is 13.2 Å². The zero-order chi connectivity index (χ0) is 22.5. The summed E-state index contributed by atoms with van der Waals surface area (Å²) >= 11 is 0. The second-order valence-corrected chi connectivity index (χ2v) is 9.51. The van der Waals surface area contributed by atoms with Gasteiger partial charge >= 0.3 is 0 Å². The monoisotopic (exact) mass is 442 g/mol. The molecule has 0 heterocycles. The zero-order valence-electron chi connectivity index (χ0n) is 19.4. The Kier molecular flexibility index (Phi) is 7.70. The van der Waals surface area contributed by atoms with Crippen molar-refractivity contribution >= 4 is 0 Å². The minimum Gasteiger partial charge on any atom is -0.493 e. The van der Waals surface area contributed by atoms with Gasteiger partial charge in [0.15, 0.2) is 11.6 Å². The molecular weight excluding hydrogens is 406 g/mol. The molecular formula is C28H36F2O2. The number of halogens is 2. The van der Waals surface area contributed by atoms with Crippen molar-refractivity contribution < 1.29 is 18.3 Å². The van der Waals surface area contributed by atoms with Gasteiger partial charge in [-0.25, -0.2) is 4.39 Å². The van der Waals surface area contributed by atoms with E-state index in [0.29, 0.717) is 18.1 Å². The average molecular weight is 443 g/mol. The maximum atomic E-state index is 14.5. The van der Waals surface area contributed by atoms with Gasteiger partial charge in [0.2, 0.25) is 5.82 Å². The fourth-order valence-electron chi connectivity index (χ4n) is 6.02. The summed E-state index contributed by atoms with van der Waals surface area (Å²) in [5.74, 6) is 2.22. The van der Waals surface area contributed by atoms with E-state index in [-0.39, 0.29) is 11.3 Å². The molecule has 2 aromatic carbocycles. The number of hydrogen-bond donors (Lipinski definition) is 0. The predicted molar refractivity (Wildman–Crippen MR) is 125 cm³/mol. The molecule has 4 atom stereocenters. The molecule has 2 aromatic rings. The highest BCUT2D eigenvalue weighted by molar-refractivity contribution is 5.66. The Balaban J connectivity index is 1.33. The lowest BCUT2D eigenvalue weighted by molar-refractivity contribution is 0.201. The third-order valence-electron chi connectivity index (χ3n) is 7.66. The van der Waals surface area contributed by atoms with Gasteiger partial charge in [0, 0.05) is 5.56 Å². The number of benzene rings is 2. The van der Waals surface area contributed by atoms with Gasteiger partial charge in [-0.3, -0.25) is 0 Å². The summed E-state index contributed by atoms with van der Waals surface area (Å²) in [5, 5.41) is 0. The van der Waals surface area contributed by atoms with Crippen LogP contribution in [0, 0.1) is 35.3 Å². The van der Waals surface area contributed by atoms with Crippen LogP contribution < -0.4 is 9.47 Å². The van der Waals surface area contributed by atoms with E-state index in [1.807, 2.05) is 12.1 Å². The van der Waals surface area contributed by atoms with E-state index in [0.717, 1.165) is 30.1 Å². The summed E-state index contributed by atoms with van der Waals surface area (Å²) in [4.78, 5) is 0. The molecule has 0 amide bonds. The molecule has 0 saturated heterocycles. The van der Waals surface area contributed by atoms with Crippen LogP contribution in [0.1, 0.15) is 65.2 Å². The Hall–Kier alpha value is -2.10. The summed E-state index contributed by atoms with van der Waals surface area (Å²) in [7, 11) is 0. The van der Waals surface area contributed by atoms with E-state index in [4.69, 9.17) is 9.47 Å². The molecule has 2 aliphatic carbocycles. The molecule has 2 aliphatic rings. The summed E-state index contributed by atoms with van der Waals surface area (Å²) in [5.41, 5.74) is 0.861. The molecule has 32 heavy (non-hydrogen) atoms. The SMILES string of the molecule is CCCCCC1CCC2C(COc3ccc(-c4ccc(OCC)c(F)c4F)cc3)CCC12. The highest BCUT2D eigenvalue weighted by Crippen LogP contribution is 2.52. The van der Waals surface area contributed by atoms with Gasteiger partial charge in [-0.2, -0.15) is 4.39 Å². The predicted octanol–water partition coefficient (Wildman–Crippen LogP) is 8.04. The van der Waals surface area contributed by atoms with Crippen LogP contribution in [0.5, 0.6) is 11.5 Å². The van der Waals surface area contributed by atoms with E-state index in [9.17, 15) is 8.78 Å². The quantitative estimate of drug-likeness (QED) is 0.347. The van der Waals surface area contributed by atoms with Crippen LogP contribution in [0.25, 0.3) is 11.1 Å². The molecule has 0 spiro atoms. The normalized spacial score (nSPS) is 24.5. The summed E-state index contributed by atoms with van der Waals surface area (Å²) in [6.45, 7) is 5.08. The van der Waals surface area contributed by atoms with E-state index >= 15 is 0 Å². The van der Waals surface area contributed by atoms with Crippen molar-refractivity contribution in [2.24, 2.45) is 23.7 Å². The third kappa shape index (κ3) is 4.94. The van der Waals surface area contributed by atoms with Gasteiger partial charge in [0.25, 0.3) is 0 Å². The minimum absolute atomic E-state index is 0.0527. The number of hydrogen-bond acceptors (Lipinski definition) is 2. The maximum absolute atomic E-state index is 14.5. The Morgan fingerprint density at radius 1 is 0.781 bits per heavy atom. The molecule has 0 aromatic heterocycles. The van der Waals surface area contributed by atoms with E-state index < -0.39 is 11.6 Å². The first-order valence-corrected chi connectivity index (χ1v) is 12.5. The van der Waals surface area contributed by atoms with Crippen molar-refractivity contribution in [3.05, 3.63) is 48.0 Å². The Morgan fingerprint density at radius 3 is 2.22 bits per heavy atom. The summed E-state index contributed by atoms with van der Waals surface area (Å²) in [6, 6.07) is 10.4. The van der Waals surface area contributed by atoms with E-state index in [1.165, 1.54) is 57.4 Å². The smallest absolute Gasteiger partial charge is 0.201 e. The van der Waals surface area contributed by atoms with Crippen molar-refractivity contribution in [1.29, 1.82) is 0 Å². The number of ether oxygens (including phenoxy) is 2. The summed E-state index contributed by atoms with van der Waals surface area (Å²) < 4.78 is 40.0. The molecule has 4 rings (SSSR count). The molecule has 4 unspecified atom stereocenters. The molecule has 0 N–H and O–H groups in total. The second kappa shape index (κ2) is 10.7. The van der Waals surface area contributed by atoms with Gasteiger partial charge < -0.3 is 9.47 Å². The second-order valence-electron chi connectivity index (χ2n) is 9.51. The molecule has 174 valence electrons. The molecule has 2 saturated carbocycles. The lowest BCUT2D eigenvalue weighted by atomic mass is 9.86. The average Bonchev–Trinajstić information content (AvgIpc) is 3.39. The van der Waals surface area contributed by atoms with Crippen molar-refractivity contribution in [1.82, 2.24) is 0 Å². The molecule has 0 bridgehead atoms. The van der Waals surface area contributed by atoms with Gasteiger partial charge in [-0.1, -0.05) is 44.7 Å². The number of fused-ring (bicyclic) bond motifs is 1. The van der Waals surface area contributed by atoms with Crippen LogP contribution in [-0.2, 0) is 0 Å². The summed E-state index contributed by atoms with van der Waals surface area (Å²) in [6.07, 6.45) is 10.8. The lowest BCUT2D eigenvalue weighted by Gasteiger charge is -2.21. The van der Waals surface area contributed by atoms with Crippen molar-refractivity contribution in [2.75, 3.05) is 13.2 Å². The molecule has 2 fully saturated rings. The van der Waals surface area contributed by atoms with Crippen LogP contribution in [-0.4, -0.2) is 13.2 Å². The largest absolute Gasteiger partial charge is 0.493 e. The van der Waals surface area contributed by atoms with Crippen LogP contribution in [0.2, 0.25) is 0 Å². The van der Waals surface area contributed by atoms with Crippen LogP contribution in [0.4, 0.5) is 8.78 Å².